The van der Waals surface area contributed by atoms with E-state index in [1.54, 1.807) is 0 Å². The molecule has 138 valence electrons. The molecular formula is C24H22N4. The van der Waals surface area contributed by atoms with E-state index in [-0.39, 0.29) is 5.70 Å². The van der Waals surface area contributed by atoms with Crippen molar-refractivity contribution in [3.05, 3.63) is 94.6 Å². The zero-order valence-electron chi connectivity index (χ0n) is 16.3. The molecule has 0 saturated carbocycles. The molecule has 0 unspecified atom stereocenters. The Morgan fingerprint density at radius 1 is 1.14 bits per heavy atom. The van der Waals surface area contributed by atoms with Crippen molar-refractivity contribution in [1.29, 1.82) is 5.26 Å². The minimum Gasteiger partial charge on any atom is -0.378 e. The third kappa shape index (κ3) is 3.68. The van der Waals surface area contributed by atoms with Gasteiger partial charge in [0.2, 0.25) is 0 Å². The van der Waals surface area contributed by atoms with Crippen molar-refractivity contribution in [2.45, 2.75) is 6.92 Å². The third-order valence-corrected chi connectivity index (χ3v) is 4.73. The first-order valence-electron chi connectivity index (χ1n) is 9.15. The zero-order valence-corrected chi connectivity index (χ0v) is 16.3. The molecular weight excluding hydrogens is 344 g/mol. The highest BCUT2D eigenvalue weighted by atomic mass is 15.1. The predicted molar refractivity (Wildman–Crippen MR) is 116 cm³/mol. The molecule has 4 heteroatoms. The van der Waals surface area contributed by atoms with Crippen LogP contribution in [0.4, 0.5) is 11.4 Å². The summed E-state index contributed by atoms with van der Waals surface area (Å²) in [6, 6.07) is 18.3. The molecule has 1 aliphatic heterocycles. The van der Waals surface area contributed by atoms with Gasteiger partial charge in [0, 0.05) is 43.3 Å². The van der Waals surface area contributed by atoms with Gasteiger partial charge in [0.15, 0.2) is 0 Å². The lowest BCUT2D eigenvalue weighted by Crippen LogP contribution is -2.24. The van der Waals surface area contributed by atoms with Crippen molar-refractivity contribution < 1.29 is 0 Å². The number of hydrogen-bond donors (Lipinski definition) is 0. The molecule has 0 radical (unpaired) electrons. The Labute approximate surface area is 166 Å². The number of anilines is 2. The maximum atomic E-state index is 9.41. The van der Waals surface area contributed by atoms with Gasteiger partial charge in [0.25, 0.3) is 5.70 Å². The molecule has 0 fully saturated rings. The number of para-hydroxylation sites is 1. The van der Waals surface area contributed by atoms with Crippen LogP contribution in [0.2, 0.25) is 0 Å². The summed E-state index contributed by atoms with van der Waals surface area (Å²) in [5.41, 5.74) is 5.94. The van der Waals surface area contributed by atoms with E-state index in [1.807, 2.05) is 56.6 Å². The molecule has 0 N–H and O–H groups in total. The molecule has 0 bridgehead atoms. The van der Waals surface area contributed by atoms with E-state index in [2.05, 4.69) is 51.9 Å². The summed E-state index contributed by atoms with van der Waals surface area (Å²) in [6.45, 7) is 10.3. The van der Waals surface area contributed by atoms with E-state index in [1.165, 1.54) is 0 Å². The first-order chi connectivity index (χ1) is 13.6. The van der Waals surface area contributed by atoms with Crippen LogP contribution in [0.1, 0.15) is 18.1 Å². The maximum absolute atomic E-state index is 9.41. The van der Waals surface area contributed by atoms with Gasteiger partial charge < -0.3 is 9.80 Å². The highest BCUT2D eigenvalue weighted by molar-refractivity contribution is 5.92. The summed E-state index contributed by atoms with van der Waals surface area (Å²) in [6.07, 6.45) is 6.04. The van der Waals surface area contributed by atoms with E-state index in [0.717, 1.165) is 34.7 Å². The summed E-state index contributed by atoms with van der Waals surface area (Å²) in [5.74, 6) is 0. The van der Waals surface area contributed by atoms with E-state index in [0.29, 0.717) is 5.57 Å². The van der Waals surface area contributed by atoms with Crippen LogP contribution < -0.4 is 9.80 Å². The van der Waals surface area contributed by atoms with E-state index >= 15 is 0 Å². The van der Waals surface area contributed by atoms with Gasteiger partial charge in [-0.25, -0.2) is 10.1 Å². The van der Waals surface area contributed by atoms with E-state index in [9.17, 15) is 5.26 Å². The highest BCUT2D eigenvalue weighted by Crippen LogP contribution is 2.38. The van der Waals surface area contributed by atoms with Crippen molar-refractivity contribution >= 4 is 23.0 Å². The summed E-state index contributed by atoms with van der Waals surface area (Å²) in [4.78, 5) is 7.70. The standard InChI is InChI=1S/C24H22N4/c1-5-28-20(15-12-18-10-13-19(14-11-18)27(3)4)16-22(23(17-25)26-2)21-8-6-7-9-24(21)28/h6-16H,5H2,1,3-4H3/b15-12+,23-22-. The number of rotatable bonds is 4. The van der Waals surface area contributed by atoms with E-state index in [4.69, 9.17) is 6.57 Å². The first kappa shape index (κ1) is 19.0. The molecule has 4 nitrogen and oxygen atoms in total. The van der Waals surface area contributed by atoms with Gasteiger partial charge in [-0.1, -0.05) is 36.4 Å². The molecule has 1 aliphatic rings. The number of nitrogens with zero attached hydrogens (tertiary/aromatic N) is 4. The average molecular weight is 366 g/mol. The van der Waals surface area contributed by atoms with Crippen LogP contribution in [0.15, 0.2) is 72.1 Å². The Morgan fingerprint density at radius 3 is 2.46 bits per heavy atom. The highest BCUT2D eigenvalue weighted by Gasteiger charge is 2.22. The van der Waals surface area contributed by atoms with Crippen molar-refractivity contribution in [3.63, 3.8) is 0 Å². The van der Waals surface area contributed by atoms with E-state index < -0.39 is 0 Å². The monoisotopic (exact) mass is 366 g/mol. The lowest BCUT2D eigenvalue weighted by Gasteiger charge is -2.31. The van der Waals surface area contributed by atoms with Gasteiger partial charge >= 0.3 is 0 Å². The molecule has 1 heterocycles. The second-order valence-corrected chi connectivity index (χ2v) is 6.64. The van der Waals surface area contributed by atoms with Crippen LogP contribution in [0.3, 0.4) is 0 Å². The molecule has 0 saturated heterocycles. The van der Waals surface area contributed by atoms with Gasteiger partial charge in [-0.2, -0.15) is 0 Å². The second kappa shape index (κ2) is 8.29. The van der Waals surface area contributed by atoms with Gasteiger partial charge in [-0.3, -0.25) is 0 Å². The molecule has 0 aliphatic carbocycles. The predicted octanol–water partition coefficient (Wildman–Crippen LogP) is 5.34. The number of benzene rings is 2. The molecule has 2 aromatic carbocycles. The lowest BCUT2D eigenvalue weighted by molar-refractivity contribution is 0.970. The summed E-state index contributed by atoms with van der Waals surface area (Å²) >= 11 is 0. The Bertz CT molecular complexity index is 1030. The van der Waals surface area contributed by atoms with Crippen molar-refractivity contribution in [3.8, 4) is 6.07 Å². The van der Waals surface area contributed by atoms with Crippen LogP contribution in [0, 0.1) is 17.9 Å². The first-order valence-corrected chi connectivity index (χ1v) is 9.15. The molecule has 3 rings (SSSR count). The normalized spacial score (nSPS) is 14.8. The largest absolute Gasteiger partial charge is 0.378 e. The Morgan fingerprint density at radius 2 is 1.86 bits per heavy atom. The zero-order chi connectivity index (χ0) is 20.1. The quantitative estimate of drug-likeness (QED) is 0.541. The van der Waals surface area contributed by atoms with Gasteiger partial charge in [0.05, 0.1) is 12.6 Å². The maximum Gasteiger partial charge on any atom is 0.269 e. The molecule has 28 heavy (non-hydrogen) atoms. The number of allylic oxidation sites excluding steroid dienone is 4. The van der Waals surface area contributed by atoms with Crippen LogP contribution in [-0.4, -0.2) is 20.6 Å². The minimum atomic E-state index is 0.115. The van der Waals surface area contributed by atoms with Crippen molar-refractivity contribution in [1.82, 2.24) is 0 Å². The van der Waals surface area contributed by atoms with Gasteiger partial charge in [0.1, 0.15) is 0 Å². The Hall–Kier alpha value is -3.76. The van der Waals surface area contributed by atoms with Crippen molar-refractivity contribution in [2.75, 3.05) is 30.4 Å². The van der Waals surface area contributed by atoms with Crippen LogP contribution >= 0.6 is 0 Å². The number of likely N-dealkylation sites (N-methyl/N-ethyl adjacent to an activating group) is 1. The Kier molecular flexibility index (Phi) is 5.63. The fourth-order valence-electron chi connectivity index (χ4n) is 3.28. The average Bonchev–Trinajstić information content (AvgIpc) is 2.73. The fourth-order valence-corrected chi connectivity index (χ4v) is 3.28. The van der Waals surface area contributed by atoms with Crippen LogP contribution in [-0.2, 0) is 0 Å². The molecule has 0 spiro atoms. The molecule has 0 atom stereocenters. The second-order valence-electron chi connectivity index (χ2n) is 6.64. The number of hydrogen-bond acceptors (Lipinski definition) is 3. The summed E-state index contributed by atoms with van der Waals surface area (Å²) in [5, 5.41) is 9.41. The SMILES string of the molecule is [C-]#[N+]/C(C#N)=C1C=C(/C=C/c2ccc(N(C)C)cc2)N(CC)c2ccccc2/1. The topological polar surface area (TPSA) is 34.6 Å². The fraction of sp³-hybridized carbons (Fsp3) is 0.167. The lowest BCUT2D eigenvalue weighted by atomic mass is 9.95. The summed E-state index contributed by atoms with van der Waals surface area (Å²) in [7, 11) is 4.04. The smallest absolute Gasteiger partial charge is 0.269 e. The van der Waals surface area contributed by atoms with Gasteiger partial charge in [-0.15, -0.1) is 0 Å². The third-order valence-electron chi connectivity index (χ3n) is 4.73. The van der Waals surface area contributed by atoms with Crippen LogP contribution in [0.25, 0.3) is 16.5 Å². The molecule has 2 aromatic rings. The number of fused-ring (bicyclic) bond motifs is 1. The van der Waals surface area contributed by atoms with Crippen molar-refractivity contribution in [2.24, 2.45) is 0 Å². The minimum absolute atomic E-state index is 0.115. The number of nitriles is 1. The van der Waals surface area contributed by atoms with Crippen LogP contribution in [0.5, 0.6) is 0 Å². The molecule has 0 amide bonds. The van der Waals surface area contributed by atoms with Gasteiger partial charge in [-0.05, 0) is 48.4 Å². The molecule has 0 aromatic heterocycles. The Balaban J connectivity index is 2.05. The summed E-state index contributed by atoms with van der Waals surface area (Å²) < 4.78 is 0.